The number of hydrogen-bond donors (Lipinski definition) is 1. The zero-order chi connectivity index (χ0) is 10.0. The molecule has 13 heavy (non-hydrogen) atoms. The molecular formula is C8H5Br2FO2. The van der Waals surface area contributed by atoms with E-state index in [4.69, 9.17) is 5.11 Å². The Kier molecular flexibility index (Phi) is 3.44. The molecule has 0 heterocycles. The minimum atomic E-state index is -1.05. The van der Waals surface area contributed by atoms with Gasteiger partial charge >= 0.3 is 5.97 Å². The van der Waals surface area contributed by atoms with E-state index in [1.54, 1.807) is 6.07 Å². The standard InChI is InChI=1S/C8H5Br2FO2/c9-5-2-1-4(3-6(12)13)8(11)7(5)10/h1-2H,3H2,(H,12,13). The highest BCUT2D eigenvalue weighted by Crippen LogP contribution is 2.28. The van der Waals surface area contributed by atoms with Crippen LogP contribution in [0.2, 0.25) is 0 Å². The van der Waals surface area contributed by atoms with Crippen molar-refractivity contribution in [3.63, 3.8) is 0 Å². The number of rotatable bonds is 2. The second-order valence-corrected chi connectivity index (χ2v) is 4.05. The van der Waals surface area contributed by atoms with E-state index in [0.29, 0.717) is 4.47 Å². The van der Waals surface area contributed by atoms with Crippen LogP contribution in [0.5, 0.6) is 0 Å². The summed E-state index contributed by atoms with van der Waals surface area (Å²) in [4.78, 5) is 10.3. The molecule has 0 aliphatic rings. The lowest BCUT2D eigenvalue weighted by Gasteiger charge is -2.03. The predicted octanol–water partition coefficient (Wildman–Crippen LogP) is 2.98. The lowest BCUT2D eigenvalue weighted by Crippen LogP contribution is -2.02. The van der Waals surface area contributed by atoms with Gasteiger partial charge in [-0.1, -0.05) is 6.07 Å². The van der Waals surface area contributed by atoms with E-state index in [0.717, 1.165) is 0 Å². The van der Waals surface area contributed by atoms with Gasteiger partial charge in [-0.05, 0) is 37.9 Å². The smallest absolute Gasteiger partial charge is 0.307 e. The summed E-state index contributed by atoms with van der Waals surface area (Å²) in [5, 5.41) is 8.46. The summed E-state index contributed by atoms with van der Waals surface area (Å²) in [6.45, 7) is 0. The molecule has 1 aromatic rings. The van der Waals surface area contributed by atoms with Crippen LogP contribution in [0.25, 0.3) is 0 Å². The maximum atomic E-state index is 13.3. The minimum Gasteiger partial charge on any atom is -0.481 e. The Balaban J connectivity index is 3.10. The van der Waals surface area contributed by atoms with Gasteiger partial charge in [-0.3, -0.25) is 4.79 Å². The molecule has 0 unspecified atom stereocenters. The molecule has 0 amide bonds. The molecule has 0 aromatic heterocycles. The Morgan fingerprint density at radius 2 is 2.08 bits per heavy atom. The minimum absolute atomic E-state index is 0.169. The van der Waals surface area contributed by atoms with Gasteiger partial charge in [0, 0.05) is 10.0 Å². The van der Waals surface area contributed by atoms with Crippen LogP contribution in [-0.2, 0) is 11.2 Å². The van der Waals surface area contributed by atoms with E-state index in [-0.39, 0.29) is 16.5 Å². The van der Waals surface area contributed by atoms with Crippen LogP contribution >= 0.6 is 31.9 Å². The van der Waals surface area contributed by atoms with Gasteiger partial charge in [0.2, 0.25) is 0 Å². The first-order chi connectivity index (χ1) is 6.02. The largest absolute Gasteiger partial charge is 0.481 e. The molecule has 0 saturated heterocycles. The Bertz CT molecular complexity index is 352. The number of aliphatic carboxylic acids is 1. The SMILES string of the molecule is O=C(O)Cc1ccc(Br)c(Br)c1F. The van der Waals surface area contributed by atoms with Gasteiger partial charge in [0.25, 0.3) is 0 Å². The average Bonchev–Trinajstić information content (AvgIpc) is 2.06. The third-order valence-electron chi connectivity index (χ3n) is 1.46. The van der Waals surface area contributed by atoms with Crippen LogP contribution in [0.3, 0.4) is 0 Å². The summed E-state index contributed by atoms with van der Waals surface area (Å²) in [5.74, 6) is -1.58. The molecule has 0 aliphatic heterocycles. The van der Waals surface area contributed by atoms with Crippen LogP contribution in [0, 0.1) is 5.82 Å². The second-order valence-electron chi connectivity index (χ2n) is 2.40. The van der Waals surface area contributed by atoms with Crippen LogP contribution in [0.15, 0.2) is 21.1 Å². The second kappa shape index (κ2) is 4.19. The highest BCUT2D eigenvalue weighted by atomic mass is 79.9. The van der Waals surface area contributed by atoms with Gasteiger partial charge in [-0.2, -0.15) is 0 Å². The zero-order valence-corrected chi connectivity index (χ0v) is 9.52. The molecule has 1 N–H and O–H groups in total. The van der Waals surface area contributed by atoms with Gasteiger partial charge < -0.3 is 5.11 Å². The van der Waals surface area contributed by atoms with E-state index >= 15 is 0 Å². The Morgan fingerprint density at radius 3 is 2.62 bits per heavy atom. The molecule has 1 aromatic carbocycles. The van der Waals surface area contributed by atoms with Crippen LogP contribution in [0.4, 0.5) is 4.39 Å². The normalized spacial score (nSPS) is 10.1. The predicted molar refractivity (Wildman–Crippen MR) is 53.1 cm³/mol. The Labute approximate surface area is 91.0 Å². The maximum Gasteiger partial charge on any atom is 0.307 e. The van der Waals surface area contributed by atoms with Gasteiger partial charge in [0.15, 0.2) is 0 Å². The Morgan fingerprint density at radius 1 is 1.46 bits per heavy atom. The fraction of sp³-hybridized carbons (Fsp3) is 0.125. The number of halogens is 3. The first kappa shape index (κ1) is 10.7. The number of carboxylic acid groups (broad SMARTS) is 1. The van der Waals surface area contributed by atoms with Crippen molar-refractivity contribution in [1.29, 1.82) is 0 Å². The first-order valence-corrected chi connectivity index (χ1v) is 4.95. The summed E-state index contributed by atoms with van der Waals surface area (Å²) in [5.41, 5.74) is 0.169. The number of carboxylic acids is 1. The summed E-state index contributed by atoms with van der Waals surface area (Å²) >= 11 is 6.12. The summed E-state index contributed by atoms with van der Waals surface area (Å²) in [6.07, 6.45) is -0.308. The number of benzene rings is 1. The molecule has 0 spiro atoms. The Hall–Kier alpha value is -0.420. The molecule has 0 fully saturated rings. The van der Waals surface area contributed by atoms with Gasteiger partial charge in [0.05, 0.1) is 10.9 Å². The van der Waals surface area contributed by atoms with Crippen molar-refractivity contribution in [3.8, 4) is 0 Å². The van der Waals surface area contributed by atoms with E-state index in [9.17, 15) is 9.18 Å². The van der Waals surface area contributed by atoms with Crippen molar-refractivity contribution in [2.24, 2.45) is 0 Å². The van der Waals surface area contributed by atoms with E-state index in [2.05, 4.69) is 31.9 Å². The molecule has 0 atom stereocenters. The van der Waals surface area contributed by atoms with Crippen molar-refractivity contribution >= 4 is 37.8 Å². The molecule has 0 radical (unpaired) electrons. The van der Waals surface area contributed by atoms with Gasteiger partial charge in [-0.15, -0.1) is 0 Å². The molecule has 0 aliphatic carbocycles. The van der Waals surface area contributed by atoms with Crippen molar-refractivity contribution in [2.45, 2.75) is 6.42 Å². The summed E-state index contributed by atoms with van der Waals surface area (Å²) in [6, 6.07) is 3.05. The molecule has 2 nitrogen and oxygen atoms in total. The maximum absolute atomic E-state index is 13.3. The van der Waals surface area contributed by atoms with Gasteiger partial charge in [-0.25, -0.2) is 4.39 Å². The van der Waals surface area contributed by atoms with Crippen molar-refractivity contribution in [2.75, 3.05) is 0 Å². The van der Waals surface area contributed by atoms with Crippen molar-refractivity contribution in [1.82, 2.24) is 0 Å². The van der Waals surface area contributed by atoms with Crippen molar-refractivity contribution in [3.05, 3.63) is 32.5 Å². The average molecular weight is 312 g/mol. The summed E-state index contributed by atoms with van der Waals surface area (Å²) in [7, 11) is 0. The van der Waals surface area contributed by atoms with E-state index in [1.165, 1.54) is 6.07 Å². The lowest BCUT2D eigenvalue weighted by molar-refractivity contribution is -0.136. The van der Waals surface area contributed by atoms with Crippen LogP contribution in [0.1, 0.15) is 5.56 Å². The van der Waals surface area contributed by atoms with Crippen molar-refractivity contribution < 1.29 is 14.3 Å². The van der Waals surface area contributed by atoms with E-state index in [1.807, 2.05) is 0 Å². The lowest BCUT2D eigenvalue weighted by atomic mass is 10.1. The fourth-order valence-corrected chi connectivity index (χ4v) is 1.56. The first-order valence-electron chi connectivity index (χ1n) is 3.36. The molecule has 0 saturated carbocycles. The molecule has 1 rings (SSSR count). The molecule has 5 heteroatoms. The molecule has 70 valence electrons. The molecule has 0 bridgehead atoms. The monoisotopic (exact) mass is 310 g/mol. The van der Waals surface area contributed by atoms with Gasteiger partial charge in [0.1, 0.15) is 5.82 Å². The van der Waals surface area contributed by atoms with E-state index < -0.39 is 11.8 Å². The summed E-state index contributed by atoms with van der Waals surface area (Å²) < 4.78 is 14.1. The highest BCUT2D eigenvalue weighted by Gasteiger charge is 2.11. The highest BCUT2D eigenvalue weighted by molar-refractivity contribution is 9.13. The number of carbonyl (C=O) groups is 1. The molecular weight excluding hydrogens is 307 g/mol. The quantitative estimate of drug-likeness (QED) is 0.853. The van der Waals surface area contributed by atoms with Crippen LogP contribution < -0.4 is 0 Å². The zero-order valence-electron chi connectivity index (χ0n) is 6.35. The number of hydrogen-bond acceptors (Lipinski definition) is 1. The topological polar surface area (TPSA) is 37.3 Å². The third kappa shape index (κ3) is 2.51. The van der Waals surface area contributed by atoms with Crippen LogP contribution in [-0.4, -0.2) is 11.1 Å². The third-order valence-corrected chi connectivity index (χ3v) is 3.43. The fourth-order valence-electron chi connectivity index (χ4n) is 0.865.